The number of aldehydes is 1. The zero-order valence-electron chi connectivity index (χ0n) is 9.93. The number of benzene rings is 1. The number of aromatic nitrogens is 2. The molecule has 0 unspecified atom stereocenters. The first-order valence-corrected chi connectivity index (χ1v) is 5.54. The van der Waals surface area contributed by atoms with E-state index >= 15 is 0 Å². The molecule has 0 spiro atoms. The summed E-state index contributed by atoms with van der Waals surface area (Å²) in [5, 5.41) is 14.8. The second-order valence-corrected chi connectivity index (χ2v) is 3.72. The summed E-state index contributed by atoms with van der Waals surface area (Å²) in [7, 11) is 0. The van der Waals surface area contributed by atoms with Crippen LogP contribution in [0.1, 0.15) is 10.4 Å². The Kier molecular flexibility index (Phi) is 3.87. The maximum atomic E-state index is 10.8. The average molecular weight is 261 g/mol. The van der Waals surface area contributed by atoms with Gasteiger partial charge < -0.3 is 4.74 Å². The van der Waals surface area contributed by atoms with Gasteiger partial charge in [-0.15, -0.1) is 0 Å². The van der Waals surface area contributed by atoms with Crippen molar-refractivity contribution in [2.75, 3.05) is 6.61 Å². The van der Waals surface area contributed by atoms with Crippen molar-refractivity contribution in [2.24, 2.45) is 0 Å². The summed E-state index contributed by atoms with van der Waals surface area (Å²) >= 11 is 0. The first-order chi connectivity index (χ1) is 9.20. The number of hydrogen-bond acceptors (Lipinski definition) is 5. The summed E-state index contributed by atoms with van der Waals surface area (Å²) in [5.41, 5.74) is 0.172. The fourth-order valence-corrected chi connectivity index (χ4v) is 1.55. The molecule has 0 amide bonds. The van der Waals surface area contributed by atoms with Gasteiger partial charge in [0.15, 0.2) is 5.75 Å². The normalized spacial score (nSPS) is 10.1. The van der Waals surface area contributed by atoms with E-state index in [4.69, 9.17) is 4.74 Å². The molecule has 0 atom stereocenters. The molecule has 1 aromatic carbocycles. The molecule has 0 aliphatic rings. The van der Waals surface area contributed by atoms with E-state index in [0.717, 1.165) is 0 Å². The lowest BCUT2D eigenvalue weighted by molar-refractivity contribution is -0.385. The highest BCUT2D eigenvalue weighted by molar-refractivity contribution is 5.76. The van der Waals surface area contributed by atoms with Gasteiger partial charge in [-0.05, 0) is 18.2 Å². The van der Waals surface area contributed by atoms with Crippen molar-refractivity contribution in [2.45, 2.75) is 6.54 Å². The minimum Gasteiger partial charge on any atom is -0.485 e. The van der Waals surface area contributed by atoms with E-state index in [-0.39, 0.29) is 18.0 Å². The summed E-state index contributed by atoms with van der Waals surface area (Å²) in [4.78, 5) is 20.9. The Bertz CT molecular complexity index is 581. The molecule has 2 rings (SSSR count). The quantitative estimate of drug-likeness (QED) is 0.448. The van der Waals surface area contributed by atoms with E-state index in [1.807, 2.05) is 0 Å². The monoisotopic (exact) mass is 261 g/mol. The third-order valence-electron chi connectivity index (χ3n) is 2.45. The maximum Gasteiger partial charge on any atom is 0.310 e. The van der Waals surface area contributed by atoms with Crippen LogP contribution >= 0.6 is 0 Å². The standard InChI is InChI=1S/C12H11N3O4/c16-9-10-2-3-11(15(17)18)12(8-10)19-7-6-14-5-1-4-13-14/h1-5,8-9H,6-7H2. The van der Waals surface area contributed by atoms with Crippen molar-refractivity contribution in [1.29, 1.82) is 0 Å². The van der Waals surface area contributed by atoms with Gasteiger partial charge in [-0.2, -0.15) is 5.10 Å². The van der Waals surface area contributed by atoms with Gasteiger partial charge in [-0.25, -0.2) is 0 Å². The molecular formula is C12H11N3O4. The van der Waals surface area contributed by atoms with E-state index in [9.17, 15) is 14.9 Å². The molecule has 0 saturated carbocycles. The van der Waals surface area contributed by atoms with E-state index in [2.05, 4.69) is 5.10 Å². The number of hydrogen-bond donors (Lipinski definition) is 0. The Morgan fingerprint density at radius 1 is 1.47 bits per heavy atom. The molecular weight excluding hydrogens is 250 g/mol. The third-order valence-corrected chi connectivity index (χ3v) is 2.45. The number of nitro benzene ring substituents is 1. The minimum atomic E-state index is -0.544. The van der Waals surface area contributed by atoms with Crippen LogP contribution in [0.2, 0.25) is 0 Å². The average Bonchev–Trinajstić information content (AvgIpc) is 2.91. The number of carbonyl (C=O) groups is 1. The summed E-state index contributed by atoms with van der Waals surface area (Å²) < 4.78 is 7.00. The highest BCUT2D eigenvalue weighted by atomic mass is 16.6. The third kappa shape index (κ3) is 3.15. The molecule has 2 aromatic rings. The summed E-state index contributed by atoms with van der Waals surface area (Å²) in [6.45, 7) is 0.695. The van der Waals surface area contributed by atoms with Gasteiger partial charge in [-0.1, -0.05) is 0 Å². The second kappa shape index (κ2) is 5.76. The lowest BCUT2D eigenvalue weighted by Gasteiger charge is -2.07. The Morgan fingerprint density at radius 3 is 2.95 bits per heavy atom. The topological polar surface area (TPSA) is 87.3 Å². The predicted molar refractivity (Wildman–Crippen MR) is 66.2 cm³/mol. The summed E-state index contributed by atoms with van der Waals surface area (Å²) in [6, 6.07) is 5.77. The molecule has 0 aliphatic heterocycles. The molecule has 0 N–H and O–H groups in total. The van der Waals surface area contributed by atoms with Gasteiger partial charge in [0, 0.05) is 24.0 Å². The van der Waals surface area contributed by atoms with Gasteiger partial charge in [0.25, 0.3) is 0 Å². The van der Waals surface area contributed by atoms with Crippen molar-refractivity contribution < 1.29 is 14.5 Å². The Labute approximate surface area is 108 Å². The van der Waals surface area contributed by atoms with Crippen molar-refractivity contribution in [3.63, 3.8) is 0 Å². The van der Waals surface area contributed by atoms with Gasteiger partial charge in [0.05, 0.1) is 11.5 Å². The lowest BCUT2D eigenvalue weighted by Crippen LogP contribution is -2.09. The van der Waals surface area contributed by atoms with Gasteiger partial charge in [0.2, 0.25) is 0 Å². The molecule has 98 valence electrons. The fraction of sp³-hybridized carbons (Fsp3) is 0.167. The zero-order valence-corrected chi connectivity index (χ0v) is 9.93. The molecule has 7 nitrogen and oxygen atoms in total. The number of nitrogens with zero attached hydrogens (tertiary/aromatic N) is 3. The molecule has 0 saturated heterocycles. The molecule has 0 aliphatic carbocycles. The first kappa shape index (κ1) is 12.7. The van der Waals surface area contributed by atoms with E-state index in [1.165, 1.54) is 18.2 Å². The summed E-state index contributed by atoms with van der Waals surface area (Å²) in [5.74, 6) is 0.0850. The summed E-state index contributed by atoms with van der Waals surface area (Å²) in [6.07, 6.45) is 4.01. The molecule has 1 heterocycles. The van der Waals surface area contributed by atoms with Crippen molar-refractivity contribution in [1.82, 2.24) is 9.78 Å². The molecule has 1 aromatic heterocycles. The van der Waals surface area contributed by atoms with Crippen molar-refractivity contribution in [3.8, 4) is 5.75 Å². The molecule has 0 radical (unpaired) electrons. The van der Waals surface area contributed by atoms with E-state index in [0.29, 0.717) is 18.4 Å². The molecule has 7 heteroatoms. The van der Waals surface area contributed by atoms with Crippen LogP contribution in [0.15, 0.2) is 36.7 Å². The number of carbonyl (C=O) groups excluding carboxylic acids is 1. The van der Waals surface area contributed by atoms with Crippen molar-refractivity contribution in [3.05, 3.63) is 52.3 Å². The number of ether oxygens (including phenoxy) is 1. The smallest absolute Gasteiger partial charge is 0.310 e. The van der Waals surface area contributed by atoms with Gasteiger partial charge >= 0.3 is 5.69 Å². The Balaban J connectivity index is 2.08. The van der Waals surface area contributed by atoms with Crippen LogP contribution in [0.4, 0.5) is 5.69 Å². The van der Waals surface area contributed by atoms with E-state index < -0.39 is 4.92 Å². The first-order valence-electron chi connectivity index (χ1n) is 5.54. The second-order valence-electron chi connectivity index (χ2n) is 3.72. The highest BCUT2D eigenvalue weighted by Crippen LogP contribution is 2.27. The van der Waals surface area contributed by atoms with Crippen LogP contribution in [0, 0.1) is 10.1 Å². The Hall–Kier alpha value is -2.70. The van der Waals surface area contributed by atoms with Crippen LogP contribution < -0.4 is 4.74 Å². The van der Waals surface area contributed by atoms with Crippen LogP contribution in [-0.4, -0.2) is 27.6 Å². The van der Waals surface area contributed by atoms with Gasteiger partial charge in [-0.3, -0.25) is 19.6 Å². The number of rotatable bonds is 6. The van der Waals surface area contributed by atoms with Crippen LogP contribution in [0.5, 0.6) is 5.75 Å². The molecule has 19 heavy (non-hydrogen) atoms. The lowest BCUT2D eigenvalue weighted by atomic mass is 10.2. The predicted octanol–water partition coefficient (Wildman–Crippen LogP) is 1.68. The largest absolute Gasteiger partial charge is 0.485 e. The van der Waals surface area contributed by atoms with Crippen LogP contribution in [0.25, 0.3) is 0 Å². The molecule has 0 fully saturated rings. The SMILES string of the molecule is O=Cc1ccc([N+](=O)[O-])c(OCCn2cccn2)c1. The Morgan fingerprint density at radius 2 is 2.32 bits per heavy atom. The van der Waals surface area contributed by atoms with Crippen molar-refractivity contribution >= 4 is 12.0 Å². The van der Waals surface area contributed by atoms with Gasteiger partial charge in [0.1, 0.15) is 12.9 Å². The molecule has 0 bridgehead atoms. The zero-order chi connectivity index (χ0) is 13.7. The highest BCUT2D eigenvalue weighted by Gasteiger charge is 2.15. The van der Waals surface area contributed by atoms with Crippen LogP contribution in [-0.2, 0) is 6.54 Å². The van der Waals surface area contributed by atoms with E-state index in [1.54, 1.807) is 23.1 Å². The fourth-order valence-electron chi connectivity index (χ4n) is 1.55. The maximum absolute atomic E-state index is 10.8. The number of nitro groups is 1. The minimum absolute atomic E-state index is 0.0850. The van der Waals surface area contributed by atoms with Crippen LogP contribution in [0.3, 0.4) is 0 Å².